The number of rotatable bonds is 3. The highest BCUT2D eigenvalue weighted by molar-refractivity contribution is 5.72. The number of nitrogens with one attached hydrogen (secondary N) is 1. The van der Waals surface area contributed by atoms with Crippen LogP contribution in [0.15, 0.2) is 18.8 Å². The first-order chi connectivity index (χ1) is 6.19. The van der Waals surface area contributed by atoms with Crippen LogP contribution in [-0.4, -0.2) is 12.0 Å². The lowest BCUT2D eigenvalue weighted by atomic mass is 10.0. The monoisotopic (exact) mass is 176 g/mol. The molecule has 0 atom stereocenters. The Labute approximate surface area is 79.7 Å². The second kappa shape index (κ2) is 4.08. The van der Waals surface area contributed by atoms with Crippen LogP contribution in [0.25, 0.3) is 5.57 Å². The summed E-state index contributed by atoms with van der Waals surface area (Å²) in [5.74, 6) is 0.914. The van der Waals surface area contributed by atoms with Crippen LogP contribution >= 0.6 is 0 Å². The average Bonchev–Trinajstić information content (AvgIpc) is 2.16. The molecule has 1 rings (SSSR count). The smallest absolute Gasteiger partial charge is 0.133 e. The standard InChI is InChI=1S/C11H16N2/c1-5-9(3)10-6-8(2)7-13-11(10)12-4/h6-7H,3,5H2,1-2,4H3,(H,12,13). The maximum absolute atomic E-state index is 4.29. The summed E-state index contributed by atoms with van der Waals surface area (Å²) >= 11 is 0. The highest BCUT2D eigenvalue weighted by Crippen LogP contribution is 2.23. The number of hydrogen-bond donors (Lipinski definition) is 1. The largest absolute Gasteiger partial charge is 0.373 e. The van der Waals surface area contributed by atoms with Crippen molar-refractivity contribution < 1.29 is 0 Å². The molecule has 1 aromatic heterocycles. The van der Waals surface area contributed by atoms with Gasteiger partial charge in [-0.25, -0.2) is 4.98 Å². The summed E-state index contributed by atoms with van der Waals surface area (Å²) < 4.78 is 0. The van der Waals surface area contributed by atoms with Crippen LogP contribution in [-0.2, 0) is 0 Å². The van der Waals surface area contributed by atoms with Gasteiger partial charge in [-0.3, -0.25) is 0 Å². The number of pyridine rings is 1. The number of anilines is 1. The minimum atomic E-state index is 0.914. The van der Waals surface area contributed by atoms with E-state index in [0.717, 1.165) is 23.4 Å². The Morgan fingerprint density at radius 3 is 2.85 bits per heavy atom. The highest BCUT2D eigenvalue weighted by Gasteiger charge is 2.04. The molecule has 0 spiro atoms. The van der Waals surface area contributed by atoms with Crippen molar-refractivity contribution in [2.75, 3.05) is 12.4 Å². The molecule has 0 amide bonds. The van der Waals surface area contributed by atoms with Crippen molar-refractivity contribution in [2.24, 2.45) is 0 Å². The maximum Gasteiger partial charge on any atom is 0.133 e. The number of allylic oxidation sites excluding steroid dienone is 1. The molecule has 70 valence electrons. The van der Waals surface area contributed by atoms with Crippen molar-refractivity contribution in [3.05, 3.63) is 30.0 Å². The molecule has 1 heterocycles. The zero-order chi connectivity index (χ0) is 9.84. The van der Waals surface area contributed by atoms with Gasteiger partial charge in [0.05, 0.1) is 0 Å². The lowest BCUT2D eigenvalue weighted by Gasteiger charge is -2.09. The Bertz CT molecular complexity index is 316. The van der Waals surface area contributed by atoms with Gasteiger partial charge in [-0.05, 0) is 30.5 Å². The highest BCUT2D eigenvalue weighted by atomic mass is 15.0. The molecule has 0 aromatic carbocycles. The van der Waals surface area contributed by atoms with Gasteiger partial charge in [0.1, 0.15) is 5.82 Å². The van der Waals surface area contributed by atoms with E-state index in [1.54, 1.807) is 0 Å². The minimum Gasteiger partial charge on any atom is -0.373 e. The molecule has 0 aliphatic heterocycles. The molecule has 13 heavy (non-hydrogen) atoms. The van der Waals surface area contributed by atoms with Gasteiger partial charge in [-0.2, -0.15) is 0 Å². The van der Waals surface area contributed by atoms with Crippen molar-refractivity contribution in [1.29, 1.82) is 0 Å². The maximum atomic E-state index is 4.29. The van der Waals surface area contributed by atoms with Crippen molar-refractivity contribution in [3.8, 4) is 0 Å². The van der Waals surface area contributed by atoms with Crippen LogP contribution in [0.5, 0.6) is 0 Å². The fourth-order valence-corrected chi connectivity index (χ4v) is 1.23. The van der Waals surface area contributed by atoms with E-state index < -0.39 is 0 Å². The van der Waals surface area contributed by atoms with Gasteiger partial charge in [0.2, 0.25) is 0 Å². The molecule has 0 saturated carbocycles. The molecule has 0 unspecified atom stereocenters. The molecule has 1 aromatic rings. The zero-order valence-corrected chi connectivity index (χ0v) is 8.52. The first-order valence-corrected chi connectivity index (χ1v) is 4.51. The fraction of sp³-hybridized carbons (Fsp3) is 0.364. The van der Waals surface area contributed by atoms with E-state index >= 15 is 0 Å². The number of nitrogens with zero attached hydrogens (tertiary/aromatic N) is 1. The van der Waals surface area contributed by atoms with Crippen molar-refractivity contribution in [1.82, 2.24) is 4.98 Å². The van der Waals surface area contributed by atoms with Crippen LogP contribution in [0.3, 0.4) is 0 Å². The third-order valence-corrected chi connectivity index (χ3v) is 2.07. The molecular weight excluding hydrogens is 160 g/mol. The topological polar surface area (TPSA) is 24.9 Å². The number of hydrogen-bond acceptors (Lipinski definition) is 2. The van der Waals surface area contributed by atoms with Crippen molar-refractivity contribution in [2.45, 2.75) is 20.3 Å². The van der Waals surface area contributed by atoms with E-state index in [0.29, 0.717) is 0 Å². The van der Waals surface area contributed by atoms with Crippen LogP contribution in [0, 0.1) is 6.92 Å². The van der Waals surface area contributed by atoms with Gasteiger partial charge in [0.15, 0.2) is 0 Å². The molecule has 0 saturated heterocycles. The van der Waals surface area contributed by atoms with Crippen molar-refractivity contribution in [3.63, 3.8) is 0 Å². The van der Waals surface area contributed by atoms with E-state index in [1.807, 2.05) is 20.2 Å². The third-order valence-electron chi connectivity index (χ3n) is 2.07. The molecule has 2 nitrogen and oxygen atoms in total. The first-order valence-electron chi connectivity index (χ1n) is 4.51. The third kappa shape index (κ3) is 2.08. The Kier molecular flexibility index (Phi) is 3.07. The summed E-state index contributed by atoms with van der Waals surface area (Å²) in [4.78, 5) is 4.29. The van der Waals surface area contributed by atoms with Gasteiger partial charge in [-0.1, -0.05) is 13.5 Å². The number of aryl methyl sites for hydroxylation is 1. The molecule has 0 aliphatic carbocycles. The molecule has 1 N–H and O–H groups in total. The molecule has 2 heteroatoms. The summed E-state index contributed by atoms with van der Waals surface area (Å²) in [5, 5.41) is 3.07. The molecule has 0 radical (unpaired) electrons. The summed E-state index contributed by atoms with van der Waals surface area (Å²) in [6, 6.07) is 2.12. The Morgan fingerprint density at radius 1 is 1.62 bits per heavy atom. The van der Waals surface area contributed by atoms with E-state index in [4.69, 9.17) is 0 Å². The first kappa shape index (κ1) is 9.78. The second-order valence-corrected chi connectivity index (χ2v) is 3.12. The lowest BCUT2D eigenvalue weighted by Crippen LogP contribution is -1.98. The predicted molar refractivity (Wildman–Crippen MR) is 57.8 cm³/mol. The molecule has 0 bridgehead atoms. The van der Waals surface area contributed by atoms with Gasteiger partial charge in [0.25, 0.3) is 0 Å². The fourth-order valence-electron chi connectivity index (χ4n) is 1.23. The predicted octanol–water partition coefficient (Wildman–Crippen LogP) is 2.85. The summed E-state index contributed by atoms with van der Waals surface area (Å²) in [6.45, 7) is 8.16. The average molecular weight is 176 g/mol. The minimum absolute atomic E-state index is 0.914. The normalized spacial score (nSPS) is 9.77. The SMILES string of the molecule is C=C(CC)c1cc(C)cnc1NC. The van der Waals surface area contributed by atoms with Gasteiger partial charge < -0.3 is 5.32 Å². The van der Waals surface area contributed by atoms with Gasteiger partial charge in [0, 0.05) is 18.8 Å². The molecule has 0 aliphatic rings. The Hall–Kier alpha value is -1.31. The van der Waals surface area contributed by atoms with Crippen molar-refractivity contribution >= 4 is 11.4 Å². The second-order valence-electron chi connectivity index (χ2n) is 3.12. The van der Waals surface area contributed by atoms with Gasteiger partial charge >= 0.3 is 0 Å². The number of aromatic nitrogens is 1. The summed E-state index contributed by atoms with van der Waals surface area (Å²) in [6.07, 6.45) is 2.82. The molecule has 0 fully saturated rings. The van der Waals surface area contributed by atoms with Crippen LogP contribution in [0.2, 0.25) is 0 Å². The van der Waals surface area contributed by atoms with E-state index in [9.17, 15) is 0 Å². The summed E-state index contributed by atoms with van der Waals surface area (Å²) in [7, 11) is 1.88. The van der Waals surface area contributed by atoms with Crippen LogP contribution in [0.1, 0.15) is 24.5 Å². The van der Waals surface area contributed by atoms with E-state index in [2.05, 4.69) is 29.9 Å². The quantitative estimate of drug-likeness (QED) is 0.766. The molecular formula is C11H16N2. The van der Waals surface area contributed by atoms with Crippen LogP contribution in [0.4, 0.5) is 5.82 Å². The summed E-state index contributed by atoms with van der Waals surface area (Å²) in [5.41, 5.74) is 3.43. The van der Waals surface area contributed by atoms with Crippen LogP contribution < -0.4 is 5.32 Å². The van der Waals surface area contributed by atoms with E-state index in [1.165, 1.54) is 5.56 Å². The van der Waals surface area contributed by atoms with E-state index in [-0.39, 0.29) is 0 Å². The zero-order valence-electron chi connectivity index (χ0n) is 8.52. The van der Waals surface area contributed by atoms with Gasteiger partial charge in [-0.15, -0.1) is 0 Å². The lowest BCUT2D eigenvalue weighted by molar-refractivity contribution is 1.19. The Balaban J connectivity index is 3.15. The Morgan fingerprint density at radius 2 is 2.31 bits per heavy atom.